The summed E-state index contributed by atoms with van der Waals surface area (Å²) in [5, 5.41) is 2.95. The van der Waals surface area contributed by atoms with Gasteiger partial charge in [-0.3, -0.25) is 19.5 Å². The van der Waals surface area contributed by atoms with Gasteiger partial charge in [0.25, 0.3) is 5.91 Å². The summed E-state index contributed by atoms with van der Waals surface area (Å²) >= 11 is 0. The second-order valence-corrected chi connectivity index (χ2v) is 12.8. The zero-order valence-electron chi connectivity index (χ0n) is 27.3. The van der Waals surface area contributed by atoms with E-state index in [2.05, 4.69) is 10.3 Å². The number of hydrogen-bond acceptors (Lipinski definition) is 6. The summed E-state index contributed by atoms with van der Waals surface area (Å²) in [4.78, 5) is 45.3. The maximum Gasteiger partial charge on any atom is 0.411 e. The summed E-state index contributed by atoms with van der Waals surface area (Å²) in [5.74, 6) is -3.98. The fraction of sp³-hybridized carbons (Fsp3) is 0.297. The van der Waals surface area contributed by atoms with E-state index < -0.39 is 59.1 Å². The van der Waals surface area contributed by atoms with Crippen LogP contribution in [0.5, 0.6) is 0 Å². The van der Waals surface area contributed by atoms with Crippen molar-refractivity contribution in [3.8, 4) is 11.1 Å². The van der Waals surface area contributed by atoms with Gasteiger partial charge in [0, 0.05) is 24.2 Å². The highest BCUT2D eigenvalue weighted by atomic mass is 19.1. The molecule has 256 valence electrons. The van der Waals surface area contributed by atoms with Gasteiger partial charge >= 0.3 is 6.09 Å². The van der Waals surface area contributed by atoms with Gasteiger partial charge in [-0.2, -0.15) is 0 Å². The molecule has 1 saturated heterocycles. The highest BCUT2D eigenvalue weighted by molar-refractivity contribution is 5.94. The minimum atomic E-state index is -1.03. The first-order valence-electron chi connectivity index (χ1n) is 15.7. The number of amides is 3. The van der Waals surface area contributed by atoms with Crippen molar-refractivity contribution in [3.05, 3.63) is 125 Å². The molecule has 3 amide bonds. The lowest BCUT2D eigenvalue weighted by molar-refractivity contribution is -0.126. The molecular weight excluding hydrogens is 637 g/mol. The number of primary amides is 1. The smallest absolute Gasteiger partial charge is 0.411 e. The number of benzene rings is 3. The first-order valence-corrected chi connectivity index (χ1v) is 15.7. The van der Waals surface area contributed by atoms with Crippen LogP contribution >= 0.6 is 0 Å². The molecule has 0 saturated carbocycles. The molecule has 49 heavy (non-hydrogen) atoms. The zero-order valence-corrected chi connectivity index (χ0v) is 27.3. The Morgan fingerprint density at radius 2 is 1.67 bits per heavy atom. The minimum absolute atomic E-state index is 0.0833. The Morgan fingerprint density at radius 1 is 0.959 bits per heavy atom. The molecule has 4 aromatic rings. The third-order valence-corrected chi connectivity index (χ3v) is 7.91. The molecule has 3 aromatic carbocycles. The molecular formula is C37H37F3N4O5. The molecule has 1 aliphatic heterocycles. The van der Waals surface area contributed by atoms with Crippen molar-refractivity contribution in [1.82, 2.24) is 15.2 Å². The number of pyridine rings is 1. The van der Waals surface area contributed by atoms with E-state index in [0.717, 1.165) is 29.8 Å². The van der Waals surface area contributed by atoms with Crippen molar-refractivity contribution in [1.29, 1.82) is 0 Å². The summed E-state index contributed by atoms with van der Waals surface area (Å²) in [6, 6.07) is 17.5. The van der Waals surface area contributed by atoms with Crippen molar-refractivity contribution in [3.63, 3.8) is 0 Å². The van der Waals surface area contributed by atoms with E-state index in [0.29, 0.717) is 11.1 Å². The average Bonchev–Trinajstić information content (AvgIpc) is 3.48. The first kappa shape index (κ1) is 35.1. The fourth-order valence-corrected chi connectivity index (χ4v) is 5.75. The lowest BCUT2D eigenvalue weighted by Crippen LogP contribution is -2.48. The summed E-state index contributed by atoms with van der Waals surface area (Å²) in [5.41, 5.74) is 6.39. The number of likely N-dealkylation sites (tertiary alicyclic amines) is 1. The minimum Gasteiger partial charge on any atom is -0.444 e. The monoisotopic (exact) mass is 674 g/mol. The third-order valence-electron chi connectivity index (χ3n) is 7.91. The molecule has 12 heteroatoms. The summed E-state index contributed by atoms with van der Waals surface area (Å²) < 4.78 is 54.8. The SMILES string of the molecule is CC(C)(C)OC(=O)N1CC(OCc2ccccc2)CC1C(=O)N[C@@H](Cc1cc(F)cc(F)c1)c1ncccc1-c1ccc(F)c(C(N)=O)c1. The average molecular weight is 675 g/mol. The molecule has 0 spiro atoms. The highest BCUT2D eigenvalue weighted by Gasteiger charge is 2.43. The van der Waals surface area contributed by atoms with Crippen molar-refractivity contribution in [2.45, 2.75) is 64.0 Å². The maximum absolute atomic E-state index is 14.4. The topological polar surface area (TPSA) is 124 Å². The number of carbonyl (C=O) groups excluding carboxylic acids is 3. The van der Waals surface area contributed by atoms with Crippen LogP contribution in [0.4, 0.5) is 18.0 Å². The van der Waals surface area contributed by atoms with Gasteiger partial charge in [-0.25, -0.2) is 18.0 Å². The van der Waals surface area contributed by atoms with E-state index in [4.69, 9.17) is 15.2 Å². The second kappa shape index (κ2) is 14.9. The lowest BCUT2D eigenvalue weighted by atomic mass is 9.94. The predicted octanol–water partition coefficient (Wildman–Crippen LogP) is 6.26. The van der Waals surface area contributed by atoms with Crippen LogP contribution in [0.15, 0.2) is 85.1 Å². The number of rotatable bonds is 10. The Balaban J connectivity index is 1.49. The molecule has 2 unspecified atom stereocenters. The number of halogens is 3. The van der Waals surface area contributed by atoms with Crippen LogP contribution in [0.2, 0.25) is 0 Å². The van der Waals surface area contributed by atoms with Gasteiger partial charge in [0.2, 0.25) is 5.91 Å². The summed E-state index contributed by atoms with van der Waals surface area (Å²) in [6.07, 6.45) is 0.302. The number of ether oxygens (including phenoxy) is 2. The number of nitrogens with zero attached hydrogens (tertiary/aromatic N) is 2. The fourth-order valence-electron chi connectivity index (χ4n) is 5.75. The van der Waals surface area contributed by atoms with E-state index in [1.54, 1.807) is 32.9 Å². The van der Waals surface area contributed by atoms with Crippen LogP contribution in [0.1, 0.15) is 60.4 Å². The van der Waals surface area contributed by atoms with Crippen molar-refractivity contribution < 1.29 is 37.0 Å². The molecule has 2 heterocycles. The Bertz CT molecular complexity index is 1810. The Hall–Kier alpha value is -5.23. The molecule has 0 aliphatic carbocycles. The first-order chi connectivity index (χ1) is 23.3. The van der Waals surface area contributed by atoms with E-state index in [-0.39, 0.29) is 42.8 Å². The van der Waals surface area contributed by atoms with Gasteiger partial charge < -0.3 is 20.5 Å². The normalized spacial score (nSPS) is 16.7. The molecule has 9 nitrogen and oxygen atoms in total. The molecule has 1 fully saturated rings. The summed E-state index contributed by atoms with van der Waals surface area (Å²) in [7, 11) is 0. The summed E-state index contributed by atoms with van der Waals surface area (Å²) in [6.45, 7) is 5.50. The second-order valence-electron chi connectivity index (χ2n) is 12.8. The van der Waals surface area contributed by atoms with Gasteiger partial charge in [0.1, 0.15) is 29.1 Å². The lowest BCUT2D eigenvalue weighted by Gasteiger charge is -2.29. The van der Waals surface area contributed by atoms with Gasteiger partial charge in [-0.15, -0.1) is 0 Å². The van der Waals surface area contributed by atoms with Crippen LogP contribution in [0.3, 0.4) is 0 Å². The third kappa shape index (κ3) is 9.02. The maximum atomic E-state index is 14.4. The number of hydrogen-bond donors (Lipinski definition) is 2. The predicted molar refractivity (Wildman–Crippen MR) is 175 cm³/mol. The van der Waals surface area contributed by atoms with Crippen molar-refractivity contribution >= 4 is 17.9 Å². The molecule has 0 radical (unpaired) electrons. The molecule has 3 atom stereocenters. The number of aromatic nitrogens is 1. The van der Waals surface area contributed by atoms with Crippen LogP contribution in [-0.2, 0) is 27.3 Å². The van der Waals surface area contributed by atoms with Gasteiger partial charge in [0.05, 0.1) is 36.6 Å². The number of nitrogens with two attached hydrogens (primary N) is 1. The molecule has 5 rings (SSSR count). The van der Waals surface area contributed by atoms with Crippen molar-refractivity contribution in [2.75, 3.05) is 6.54 Å². The van der Waals surface area contributed by atoms with E-state index in [9.17, 15) is 27.6 Å². The zero-order chi connectivity index (χ0) is 35.3. The van der Waals surface area contributed by atoms with E-state index in [1.165, 1.54) is 23.2 Å². The highest BCUT2D eigenvalue weighted by Crippen LogP contribution is 2.32. The van der Waals surface area contributed by atoms with Crippen molar-refractivity contribution in [2.24, 2.45) is 5.73 Å². The van der Waals surface area contributed by atoms with Crippen LogP contribution in [-0.4, -0.2) is 52.1 Å². The van der Waals surface area contributed by atoms with E-state index >= 15 is 0 Å². The van der Waals surface area contributed by atoms with Crippen LogP contribution in [0.25, 0.3) is 11.1 Å². The van der Waals surface area contributed by atoms with Crippen LogP contribution in [0, 0.1) is 17.5 Å². The standard InChI is InChI=1S/C37H37F3N4O5/c1-37(2,3)49-36(47)44-20-27(48-21-22-8-5-4-6-9-22)19-32(44)35(46)43-31(16-23-14-25(38)18-26(39)15-23)33-28(10-7-13-42-33)24-11-12-30(40)29(17-24)34(41)45/h4-15,17-18,27,31-32H,16,19-21H2,1-3H3,(H2,41,45)(H,43,46)/t27?,31-,32?/m0/s1. The molecule has 3 N–H and O–H groups in total. The number of nitrogens with one attached hydrogen (secondary N) is 1. The molecule has 1 aromatic heterocycles. The largest absolute Gasteiger partial charge is 0.444 e. The molecule has 0 bridgehead atoms. The molecule has 1 aliphatic rings. The Morgan fingerprint density at radius 3 is 2.35 bits per heavy atom. The Labute approximate surface area is 282 Å². The quantitative estimate of drug-likeness (QED) is 0.205. The van der Waals surface area contributed by atoms with Gasteiger partial charge in [-0.1, -0.05) is 42.5 Å². The Kier molecular flexibility index (Phi) is 10.7. The van der Waals surface area contributed by atoms with E-state index in [1.807, 2.05) is 30.3 Å². The van der Waals surface area contributed by atoms with Gasteiger partial charge in [-0.05, 0) is 74.2 Å². The number of carbonyl (C=O) groups is 3. The van der Waals surface area contributed by atoms with Gasteiger partial charge in [0.15, 0.2) is 0 Å². The van der Waals surface area contributed by atoms with Crippen LogP contribution < -0.4 is 11.1 Å².